The summed E-state index contributed by atoms with van der Waals surface area (Å²) in [4.78, 5) is 4.48. The summed E-state index contributed by atoms with van der Waals surface area (Å²) in [5.74, 6) is 1.44. The van der Waals surface area contributed by atoms with E-state index in [1.54, 1.807) is 6.07 Å². The van der Waals surface area contributed by atoms with E-state index in [1.165, 1.54) is 0 Å². The second-order valence-corrected chi connectivity index (χ2v) is 5.01. The molecule has 0 amide bonds. The van der Waals surface area contributed by atoms with Crippen LogP contribution in [0.15, 0.2) is 22.7 Å². The third-order valence-electron chi connectivity index (χ3n) is 3.55. The van der Waals surface area contributed by atoms with Crippen LogP contribution in [0.2, 0.25) is 0 Å². The van der Waals surface area contributed by atoms with Gasteiger partial charge in [0.25, 0.3) is 5.89 Å². The quantitative estimate of drug-likeness (QED) is 0.838. The van der Waals surface area contributed by atoms with Gasteiger partial charge in [0.1, 0.15) is 0 Å². The van der Waals surface area contributed by atoms with E-state index in [9.17, 15) is 0 Å². The second-order valence-electron chi connectivity index (χ2n) is 5.01. The molecule has 5 nitrogen and oxygen atoms in total. The molecule has 3 rings (SSSR count). The summed E-state index contributed by atoms with van der Waals surface area (Å²) in [7, 11) is 0. The minimum absolute atomic E-state index is 0.222. The van der Waals surface area contributed by atoms with E-state index in [4.69, 9.17) is 14.5 Å². The lowest BCUT2D eigenvalue weighted by Gasteiger charge is -2.18. The van der Waals surface area contributed by atoms with E-state index in [-0.39, 0.29) is 5.92 Å². The number of hydrogen-bond acceptors (Lipinski definition) is 5. The van der Waals surface area contributed by atoms with Crippen LogP contribution >= 0.6 is 0 Å². The van der Waals surface area contributed by atoms with Gasteiger partial charge in [-0.05, 0) is 43.5 Å². The first-order valence-corrected chi connectivity index (χ1v) is 6.70. The second kappa shape index (κ2) is 5.43. The van der Waals surface area contributed by atoms with Gasteiger partial charge in [-0.1, -0.05) is 5.16 Å². The fourth-order valence-corrected chi connectivity index (χ4v) is 2.43. The first-order chi connectivity index (χ1) is 9.78. The number of aryl methyl sites for hydroxylation is 1. The van der Waals surface area contributed by atoms with Gasteiger partial charge in [-0.2, -0.15) is 10.2 Å². The molecule has 5 heteroatoms. The van der Waals surface area contributed by atoms with Gasteiger partial charge in [0.15, 0.2) is 5.82 Å². The van der Waals surface area contributed by atoms with Gasteiger partial charge in [0.05, 0.1) is 18.2 Å². The first-order valence-electron chi connectivity index (χ1n) is 6.70. The van der Waals surface area contributed by atoms with E-state index in [1.807, 2.05) is 19.1 Å². The van der Waals surface area contributed by atoms with Crippen LogP contribution in [0.25, 0.3) is 11.5 Å². The van der Waals surface area contributed by atoms with Gasteiger partial charge in [0, 0.05) is 18.1 Å². The van der Waals surface area contributed by atoms with Crippen molar-refractivity contribution in [1.29, 1.82) is 5.26 Å². The number of nitrogens with zero attached hydrogens (tertiary/aromatic N) is 3. The third-order valence-corrected chi connectivity index (χ3v) is 3.55. The monoisotopic (exact) mass is 269 g/mol. The standard InChI is InChI=1S/C15H15N3O2/c1-10-7-11(8-16)4-5-13(10)15-17-14(18-20-15)12-3-2-6-19-9-12/h4-5,7,12H,2-3,6,9H2,1H3. The lowest BCUT2D eigenvalue weighted by atomic mass is 10.0. The molecule has 0 N–H and O–H groups in total. The molecule has 1 aliphatic heterocycles. The molecule has 102 valence electrons. The summed E-state index contributed by atoms with van der Waals surface area (Å²) >= 11 is 0. The molecule has 1 atom stereocenters. The Kier molecular flexibility index (Phi) is 3.48. The molecule has 0 saturated carbocycles. The number of hydrogen-bond donors (Lipinski definition) is 0. The average Bonchev–Trinajstić information content (AvgIpc) is 2.97. The zero-order chi connectivity index (χ0) is 13.9. The molecule has 1 unspecified atom stereocenters. The van der Waals surface area contributed by atoms with E-state index in [2.05, 4.69) is 16.2 Å². The molecular weight excluding hydrogens is 254 g/mol. The first kappa shape index (κ1) is 12.8. The van der Waals surface area contributed by atoms with Gasteiger partial charge in [0.2, 0.25) is 0 Å². The van der Waals surface area contributed by atoms with Crippen LogP contribution in [0.1, 0.15) is 35.7 Å². The molecule has 20 heavy (non-hydrogen) atoms. The summed E-state index contributed by atoms with van der Waals surface area (Å²) in [6, 6.07) is 7.55. The van der Waals surface area contributed by atoms with Crippen molar-refractivity contribution in [2.24, 2.45) is 0 Å². The Balaban J connectivity index is 1.88. The van der Waals surface area contributed by atoms with Crippen molar-refractivity contribution in [3.63, 3.8) is 0 Å². The SMILES string of the molecule is Cc1cc(C#N)ccc1-c1nc(C2CCCOC2)no1. The highest BCUT2D eigenvalue weighted by molar-refractivity contribution is 5.60. The predicted octanol–water partition coefficient (Wildman–Crippen LogP) is 2.81. The van der Waals surface area contributed by atoms with E-state index in [0.717, 1.165) is 30.6 Å². The van der Waals surface area contributed by atoms with E-state index >= 15 is 0 Å². The molecule has 1 fully saturated rings. The van der Waals surface area contributed by atoms with Crippen LogP contribution in [0, 0.1) is 18.3 Å². The minimum atomic E-state index is 0.222. The van der Waals surface area contributed by atoms with Gasteiger partial charge >= 0.3 is 0 Å². The van der Waals surface area contributed by atoms with Crippen molar-refractivity contribution in [2.45, 2.75) is 25.7 Å². The van der Waals surface area contributed by atoms with Crippen molar-refractivity contribution in [3.05, 3.63) is 35.2 Å². The molecule has 0 radical (unpaired) electrons. The van der Waals surface area contributed by atoms with Gasteiger partial charge < -0.3 is 9.26 Å². The van der Waals surface area contributed by atoms with Crippen molar-refractivity contribution < 1.29 is 9.26 Å². The molecule has 0 spiro atoms. The van der Waals surface area contributed by atoms with Crippen LogP contribution in [-0.2, 0) is 4.74 Å². The Labute approximate surface area is 117 Å². The third kappa shape index (κ3) is 2.43. The van der Waals surface area contributed by atoms with E-state index in [0.29, 0.717) is 23.9 Å². The average molecular weight is 269 g/mol. The van der Waals surface area contributed by atoms with Gasteiger partial charge in [-0.25, -0.2) is 0 Å². The van der Waals surface area contributed by atoms with Crippen molar-refractivity contribution in [3.8, 4) is 17.5 Å². The maximum Gasteiger partial charge on any atom is 0.258 e. The Morgan fingerprint density at radius 2 is 2.30 bits per heavy atom. The zero-order valence-electron chi connectivity index (χ0n) is 11.3. The van der Waals surface area contributed by atoms with Crippen molar-refractivity contribution >= 4 is 0 Å². The van der Waals surface area contributed by atoms with Crippen LogP contribution in [0.4, 0.5) is 0 Å². The fraction of sp³-hybridized carbons (Fsp3) is 0.400. The number of benzene rings is 1. The topological polar surface area (TPSA) is 71.9 Å². The summed E-state index contributed by atoms with van der Waals surface area (Å²) in [6.45, 7) is 3.41. The number of aromatic nitrogens is 2. The maximum atomic E-state index is 8.88. The summed E-state index contributed by atoms with van der Waals surface area (Å²) in [5, 5.41) is 13.0. The summed E-state index contributed by atoms with van der Waals surface area (Å²) < 4.78 is 10.8. The Morgan fingerprint density at radius 3 is 3.00 bits per heavy atom. The fourth-order valence-electron chi connectivity index (χ4n) is 2.43. The van der Waals surface area contributed by atoms with Crippen LogP contribution in [0.5, 0.6) is 0 Å². The van der Waals surface area contributed by atoms with Gasteiger partial charge in [-0.3, -0.25) is 0 Å². The van der Waals surface area contributed by atoms with Crippen LogP contribution < -0.4 is 0 Å². The molecule has 0 bridgehead atoms. The van der Waals surface area contributed by atoms with Crippen LogP contribution in [0.3, 0.4) is 0 Å². The number of rotatable bonds is 2. The summed E-state index contributed by atoms with van der Waals surface area (Å²) in [5.41, 5.74) is 2.46. The largest absolute Gasteiger partial charge is 0.381 e. The Hall–Kier alpha value is -2.19. The van der Waals surface area contributed by atoms with Crippen molar-refractivity contribution in [1.82, 2.24) is 10.1 Å². The molecule has 2 aromatic rings. The number of nitriles is 1. The zero-order valence-corrected chi connectivity index (χ0v) is 11.3. The highest BCUT2D eigenvalue weighted by atomic mass is 16.5. The van der Waals surface area contributed by atoms with Gasteiger partial charge in [-0.15, -0.1) is 0 Å². The smallest absolute Gasteiger partial charge is 0.258 e. The highest BCUT2D eigenvalue weighted by Crippen LogP contribution is 2.27. The number of ether oxygens (including phenoxy) is 1. The molecule has 1 aromatic carbocycles. The Morgan fingerprint density at radius 1 is 1.40 bits per heavy atom. The molecule has 0 aliphatic carbocycles. The highest BCUT2D eigenvalue weighted by Gasteiger charge is 2.22. The lowest BCUT2D eigenvalue weighted by Crippen LogP contribution is -2.16. The molecule has 2 heterocycles. The van der Waals surface area contributed by atoms with Crippen LogP contribution in [-0.4, -0.2) is 23.4 Å². The molecular formula is C15H15N3O2. The Bertz CT molecular complexity index is 651. The summed E-state index contributed by atoms with van der Waals surface area (Å²) in [6.07, 6.45) is 2.07. The maximum absolute atomic E-state index is 8.88. The van der Waals surface area contributed by atoms with E-state index < -0.39 is 0 Å². The minimum Gasteiger partial charge on any atom is -0.381 e. The lowest BCUT2D eigenvalue weighted by molar-refractivity contribution is 0.0773. The molecule has 1 aromatic heterocycles. The molecule has 1 aliphatic rings. The van der Waals surface area contributed by atoms with Crippen molar-refractivity contribution in [2.75, 3.05) is 13.2 Å². The normalized spacial score (nSPS) is 18.7. The predicted molar refractivity (Wildman–Crippen MR) is 72.0 cm³/mol. The molecule has 1 saturated heterocycles.